The summed E-state index contributed by atoms with van der Waals surface area (Å²) in [5.74, 6) is 0.649. The Labute approximate surface area is 161 Å². The first-order valence-corrected chi connectivity index (χ1v) is 9.27. The van der Waals surface area contributed by atoms with Crippen LogP contribution in [0.25, 0.3) is 0 Å². The summed E-state index contributed by atoms with van der Waals surface area (Å²) in [6.45, 7) is 1.09. The number of carbonyl (C=O) groups excluding carboxylic acids is 1. The number of H-pyrrole nitrogens is 1. The quantitative estimate of drug-likeness (QED) is 0.753. The molecule has 1 aliphatic heterocycles. The number of pyridine rings is 1. The van der Waals surface area contributed by atoms with E-state index in [9.17, 15) is 14.0 Å². The fraction of sp³-hybridized carbons (Fsp3) is 0.286. The van der Waals surface area contributed by atoms with Crippen molar-refractivity contribution in [1.29, 1.82) is 0 Å². The van der Waals surface area contributed by atoms with Crippen LogP contribution in [0, 0.1) is 5.82 Å². The van der Waals surface area contributed by atoms with Gasteiger partial charge < -0.3 is 14.3 Å². The molecule has 1 aliphatic rings. The molecule has 7 heteroatoms. The maximum absolute atomic E-state index is 13.8. The molecule has 0 radical (unpaired) electrons. The average Bonchev–Trinajstić information content (AvgIpc) is 3.18. The van der Waals surface area contributed by atoms with Gasteiger partial charge in [-0.05, 0) is 30.5 Å². The van der Waals surface area contributed by atoms with Crippen LogP contribution in [0.3, 0.4) is 0 Å². The molecule has 6 nitrogen and oxygen atoms in total. The fourth-order valence-corrected chi connectivity index (χ4v) is 3.53. The highest BCUT2D eigenvalue weighted by atomic mass is 19.1. The van der Waals surface area contributed by atoms with E-state index in [2.05, 4.69) is 9.97 Å². The minimum absolute atomic E-state index is 0.0255. The van der Waals surface area contributed by atoms with E-state index in [0.29, 0.717) is 36.7 Å². The zero-order valence-electron chi connectivity index (χ0n) is 15.2. The summed E-state index contributed by atoms with van der Waals surface area (Å²) in [6, 6.07) is 11.1. The summed E-state index contributed by atoms with van der Waals surface area (Å²) < 4.78 is 19.7. The van der Waals surface area contributed by atoms with Gasteiger partial charge in [0.05, 0.1) is 12.1 Å². The van der Waals surface area contributed by atoms with E-state index in [1.54, 1.807) is 41.4 Å². The largest absolute Gasteiger partial charge is 0.445 e. The molecule has 0 aliphatic carbocycles. The first kappa shape index (κ1) is 18.2. The number of likely N-dealkylation sites (tertiary alicyclic amines) is 1. The Bertz CT molecular complexity index is 1040. The third kappa shape index (κ3) is 3.88. The highest BCUT2D eigenvalue weighted by Crippen LogP contribution is 2.28. The molecule has 1 amide bonds. The first-order valence-electron chi connectivity index (χ1n) is 9.27. The van der Waals surface area contributed by atoms with Gasteiger partial charge in [-0.3, -0.25) is 9.59 Å². The Balaban J connectivity index is 1.46. The van der Waals surface area contributed by atoms with Gasteiger partial charge in [0.1, 0.15) is 17.3 Å². The minimum Gasteiger partial charge on any atom is -0.445 e. The predicted molar refractivity (Wildman–Crippen MR) is 101 cm³/mol. The van der Waals surface area contributed by atoms with Crippen molar-refractivity contribution in [3.8, 4) is 0 Å². The van der Waals surface area contributed by atoms with E-state index >= 15 is 0 Å². The molecule has 28 heavy (non-hydrogen) atoms. The number of aromatic nitrogens is 2. The van der Waals surface area contributed by atoms with Gasteiger partial charge >= 0.3 is 0 Å². The molecule has 1 atom stereocenters. The number of hydrogen-bond acceptors (Lipinski definition) is 4. The SMILES string of the molecule is O=C(c1cccc(=O)[nH]1)N1CCC[C@@H](c2ncc(Cc3ccccc3F)o2)C1. The second-order valence-electron chi connectivity index (χ2n) is 6.95. The predicted octanol–water partition coefficient (Wildman–Crippen LogP) is 3.11. The normalized spacial score (nSPS) is 16.9. The minimum atomic E-state index is -0.301. The standard InChI is InChI=1S/C21H20FN3O3/c22-17-7-2-1-5-14(17)11-16-12-23-20(28-16)15-6-4-10-25(13-15)21(27)18-8-3-9-19(26)24-18/h1-3,5,7-9,12,15H,4,6,10-11,13H2,(H,24,26)/t15-/m1/s1. The zero-order chi connectivity index (χ0) is 19.5. The molecule has 0 saturated carbocycles. The van der Waals surface area contributed by atoms with Crippen molar-refractivity contribution in [3.63, 3.8) is 0 Å². The van der Waals surface area contributed by atoms with Gasteiger partial charge in [0.15, 0.2) is 5.89 Å². The third-order valence-corrected chi connectivity index (χ3v) is 4.95. The van der Waals surface area contributed by atoms with Crippen molar-refractivity contribution in [2.45, 2.75) is 25.2 Å². The van der Waals surface area contributed by atoms with Crippen LogP contribution in [0.4, 0.5) is 4.39 Å². The number of oxazole rings is 1. The van der Waals surface area contributed by atoms with E-state index < -0.39 is 0 Å². The molecule has 1 fully saturated rings. The molecule has 1 saturated heterocycles. The number of nitrogens with zero attached hydrogens (tertiary/aromatic N) is 2. The zero-order valence-corrected chi connectivity index (χ0v) is 15.2. The Kier molecular flexibility index (Phi) is 5.06. The smallest absolute Gasteiger partial charge is 0.270 e. The Morgan fingerprint density at radius 1 is 1.25 bits per heavy atom. The lowest BCUT2D eigenvalue weighted by atomic mass is 9.97. The number of halogens is 1. The van der Waals surface area contributed by atoms with Crippen molar-refractivity contribution in [1.82, 2.24) is 14.9 Å². The van der Waals surface area contributed by atoms with E-state index in [1.165, 1.54) is 12.1 Å². The number of piperidine rings is 1. The molecule has 144 valence electrons. The van der Waals surface area contributed by atoms with Crippen LogP contribution < -0.4 is 5.56 Å². The Morgan fingerprint density at radius 2 is 2.11 bits per heavy atom. The van der Waals surface area contributed by atoms with E-state index in [0.717, 1.165) is 12.8 Å². The number of hydrogen-bond donors (Lipinski definition) is 1. The summed E-state index contributed by atoms with van der Waals surface area (Å²) >= 11 is 0. The Hall–Kier alpha value is -3.22. The lowest BCUT2D eigenvalue weighted by Crippen LogP contribution is -2.40. The monoisotopic (exact) mass is 381 g/mol. The van der Waals surface area contributed by atoms with Gasteiger partial charge in [0, 0.05) is 25.6 Å². The molecule has 3 heterocycles. The summed E-state index contributed by atoms with van der Waals surface area (Å²) in [5, 5.41) is 0. The van der Waals surface area contributed by atoms with Crippen molar-refractivity contribution < 1.29 is 13.6 Å². The highest BCUT2D eigenvalue weighted by molar-refractivity contribution is 5.92. The number of carbonyl (C=O) groups is 1. The van der Waals surface area contributed by atoms with E-state index in [4.69, 9.17) is 4.42 Å². The molecule has 3 aromatic rings. The van der Waals surface area contributed by atoms with Crippen LogP contribution in [0.5, 0.6) is 0 Å². The van der Waals surface area contributed by atoms with Crippen LogP contribution in [0.15, 0.2) is 57.9 Å². The molecule has 0 spiro atoms. The number of aromatic amines is 1. The first-order chi connectivity index (χ1) is 13.6. The van der Waals surface area contributed by atoms with Gasteiger partial charge in [0.25, 0.3) is 5.91 Å². The maximum atomic E-state index is 13.8. The molecular formula is C21H20FN3O3. The Morgan fingerprint density at radius 3 is 2.93 bits per heavy atom. The van der Waals surface area contributed by atoms with Gasteiger partial charge in [0.2, 0.25) is 5.56 Å². The van der Waals surface area contributed by atoms with Crippen LogP contribution in [-0.4, -0.2) is 33.9 Å². The molecule has 0 unspecified atom stereocenters. The van der Waals surface area contributed by atoms with E-state index in [1.807, 2.05) is 0 Å². The number of nitrogens with one attached hydrogen (secondary N) is 1. The summed E-state index contributed by atoms with van der Waals surface area (Å²) in [6.07, 6.45) is 3.63. The van der Waals surface area contributed by atoms with Gasteiger partial charge in [-0.2, -0.15) is 0 Å². The molecule has 1 N–H and O–H groups in total. The topological polar surface area (TPSA) is 79.2 Å². The second kappa shape index (κ2) is 7.80. The lowest BCUT2D eigenvalue weighted by Gasteiger charge is -2.31. The molecule has 2 aromatic heterocycles. The number of rotatable bonds is 4. The highest BCUT2D eigenvalue weighted by Gasteiger charge is 2.28. The molecule has 1 aromatic carbocycles. The summed E-state index contributed by atoms with van der Waals surface area (Å²) in [5.41, 5.74) is 0.532. The third-order valence-electron chi connectivity index (χ3n) is 4.95. The van der Waals surface area contributed by atoms with Crippen molar-refractivity contribution in [2.24, 2.45) is 0 Å². The van der Waals surface area contributed by atoms with Crippen LogP contribution >= 0.6 is 0 Å². The van der Waals surface area contributed by atoms with Gasteiger partial charge in [-0.1, -0.05) is 24.3 Å². The van der Waals surface area contributed by atoms with Crippen molar-refractivity contribution in [2.75, 3.05) is 13.1 Å². The van der Waals surface area contributed by atoms with Crippen molar-refractivity contribution >= 4 is 5.91 Å². The maximum Gasteiger partial charge on any atom is 0.270 e. The number of amides is 1. The summed E-state index contributed by atoms with van der Waals surface area (Å²) in [4.78, 5) is 32.8. The van der Waals surface area contributed by atoms with Gasteiger partial charge in [-0.25, -0.2) is 9.37 Å². The molecule has 0 bridgehead atoms. The van der Waals surface area contributed by atoms with E-state index in [-0.39, 0.29) is 28.9 Å². The second-order valence-corrected chi connectivity index (χ2v) is 6.95. The van der Waals surface area contributed by atoms with Gasteiger partial charge in [-0.15, -0.1) is 0 Å². The molecular weight excluding hydrogens is 361 g/mol. The van der Waals surface area contributed by atoms with Crippen LogP contribution in [-0.2, 0) is 6.42 Å². The van der Waals surface area contributed by atoms with Crippen LogP contribution in [0.1, 0.15) is 46.5 Å². The number of benzene rings is 1. The van der Waals surface area contributed by atoms with Crippen molar-refractivity contribution in [3.05, 3.63) is 87.7 Å². The lowest BCUT2D eigenvalue weighted by molar-refractivity contribution is 0.0691. The molecule has 4 rings (SSSR count). The average molecular weight is 381 g/mol. The fourth-order valence-electron chi connectivity index (χ4n) is 3.53. The van der Waals surface area contributed by atoms with Crippen LogP contribution in [0.2, 0.25) is 0 Å². The summed E-state index contributed by atoms with van der Waals surface area (Å²) in [7, 11) is 0.